The maximum absolute atomic E-state index is 12.0. The van der Waals surface area contributed by atoms with Crippen LogP contribution in [0.2, 0.25) is 5.15 Å². The van der Waals surface area contributed by atoms with Crippen LogP contribution in [0.25, 0.3) is 0 Å². The molecule has 0 aliphatic carbocycles. The summed E-state index contributed by atoms with van der Waals surface area (Å²) < 4.78 is 2.33. The van der Waals surface area contributed by atoms with Gasteiger partial charge in [0.25, 0.3) is 5.91 Å². The van der Waals surface area contributed by atoms with Crippen molar-refractivity contribution in [2.24, 2.45) is 7.05 Å². The molecule has 2 aromatic heterocycles. The molecule has 0 saturated carbocycles. The first-order chi connectivity index (χ1) is 8.47. The van der Waals surface area contributed by atoms with Crippen LogP contribution in [0.5, 0.6) is 0 Å². The zero-order valence-corrected chi connectivity index (χ0v) is 12.1. The van der Waals surface area contributed by atoms with Crippen molar-refractivity contribution in [3.8, 4) is 0 Å². The Morgan fingerprint density at radius 3 is 2.89 bits per heavy atom. The van der Waals surface area contributed by atoms with E-state index in [1.165, 1.54) is 0 Å². The Hall–Kier alpha value is -1.40. The SMILES string of the molecule is Cc1nn(C)cc1C(=O)Nc1cc(Br)cnc1Cl. The van der Waals surface area contributed by atoms with Gasteiger partial charge >= 0.3 is 0 Å². The van der Waals surface area contributed by atoms with Gasteiger partial charge in [0.15, 0.2) is 5.15 Å². The van der Waals surface area contributed by atoms with E-state index in [-0.39, 0.29) is 11.1 Å². The molecule has 0 fully saturated rings. The molecule has 0 spiro atoms. The van der Waals surface area contributed by atoms with Crippen molar-refractivity contribution < 1.29 is 4.79 Å². The predicted octanol–water partition coefficient (Wildman–Crippen LogP) is 2.79. The number of hydrogen-bond donors (Lipinski definition) is 1. The smallest absolute Gasteiger partial charge is 0.259 e. The molecule has 0 radical (unpaired) electrons. The van der Waals surface area contributed by atoms with Gasteiger partial charge in [-0.1, -0.05) is 11.6 Å². The number of carbonyl (C=O) groups excluding carboxylic acids is 1. The summed E-state index contributed by atoms with van der Waals surface area (Å²) in [5.74, 6) is -0.262. The third kappa shape index (κ3) is 2.70. The minimum Gasteiger partial charge on any atom is -0.319 e. The van der Waals surface area contributed by atoms with E-state index in [9.17, 15) is 4.79 Å². The molecule has 1 N–H and O–H groups in total. The summed E-state index contributed by atoms with van der Waals surface area (Å²) in [6.45, 7) is 1.77. The number of halogens is 2. The Balaban J connectivity index is 2.26. The second kappa shape index (κ2) is 5.07. The van der Waals surface area contributed by atoms with Gasteiger partial charge in [0.1, 0.15) is 0 Å². The van der Waals surface area contributed by atoms with Gasteiger partial charge in [-0.2, -0.15) is 5.10 Å². The Morgan fingerprint density at radius 1 is 1.56 bits per heavy atom. The van der Waals surface area contributed by atoms with Gasteiger partial charge < -0.3 is 5.32 Å². The lowest BCUT2D eigenvalue weighted by Gasteiger charge is -2.06. The number of aromatic nitrogens is 3. The molecule has 0 aliphatic heterocycles. The number of rotatable bonds is 2. The van der Waals surface area contributed by atoms with Crippen LogP contribution in [-0.2, 0) is 7.05 Å². The second-order valence-electron chi connectivity index (χ2n) is 3.75. The van der Waals surface area contributed by atoms with Gasteiger partial charge in [-0.15, -0.1) is 0 Å². The lowest BCUT2D eigenvalue weighted by Crippen LogP contribution is -2.13. The fraction of sp³-hybridized carbons (Fsp3) is 0.182. The van der Waals surface area contributed by atoms with Crippen LogP contribution in [0, 0.1) is 6.92 Å². The number of pyridine rings is 1. The average molecular weight is 330 g/mol. The van der Waals surface area contributed by atoms with Crippen molar-refractivity contribution in [3.05, 3.63) is 39.3 Å². The van der Waals surface area contributed by atoms with Gasteiger partial charge in [-0.3, -0.25) is 9.48 Å². The molecule has 0 saturated heterocycles. The third-order valence-electron chi connectivity index (χ3n) is 2.31. The monoisotopic (exact) mass is 328 g/mol. The minimum absolute atomic E-state index is 0.244. The number of nitrogens with zero attached hydrogens (tertiary/aromatic N) is 3. The number of aryl methyl sites for hydroxylation is 2. The highest BCUT2D eigenvalue weighted by Gasteiger charge is 2.14. The summed E-state index contributed by atoms with van der Waals surface area (Å²) in [5, 5.41) is 7.06. The van der Waals surface area contributed by atoms with Crippen LogP contribution in [0.1, 0.15) is 16.1 Å². The Morgan fingerprint density at radius 2 is 2.28 bits per heavy atom. The highest BCUT2D eigenvalue weighted by molar-refractivity contribution is 9.10. The van der Waals surface area contributed by atoms with E-state index in [4.69, 9.17) is 11.6 Å². The molecule has 2 heterocycles. The summed E-state index contributed by atoms with van der Waals surface area (Å²) in [7, 11) is 1.76. The van der Waals surface area contributed by atoms with Crippen molar-refractivity contribution in [1.82, 2.24) is 14.8 Å². The second-order valence-corrected chi connectivity index (χ2v) is 5.02. The van der Waals surface area contributed by atoms with Crippen LogP contribution in [-0.4, -0.2) is 20.7 Å². The highest BCUT2D eigenvalue weighted by Crippen LogP contribution is 2.23. The summed E-state index contributed by atoms with van der Waals surface area (Å²) >= 11 is 9.18. The van der Waals surface area contributed by atoms with Gasteiger partial charge in [0.2, 0.25) is 0 Å². The van der Waals surface area contributed by atoms with Crippen LogP contribution in [0.4, 0.5) is 5.69 Å². The van der Waals surface area contributed by atoms with Crippen LogP contribution >= 0.6 is 27.5 Å². The normalized spacial score (nSPS) is 10.4. The van der Waals surface area contributed by atoms with Crippen molar-refractivity contribution >= 4 is 39.1 Å². The number of nitrogens with one attached hydrogen (secondary N) is 1. The van der Waals surface area contributed by atoms with Crippen molar-refractivity contribution in [1.29, 1.82) is 0 Å². The molecule has 0 aromatic carbocycles. The highest BCUT2D eigenvalue weighted by atomic mass is 79.9. The summed E-state index contributed by atoms with van der Waals surface area (Å²) in [6, 6.07) is 1.69. The van der Waals surface area contributed by atoms with Crippen LogP contribution in [0.3, 0.4) is 0 Å². The number of amides is 1. The number of anilines is 1. The first-order valence-electron chi connectivity index (χ1n) is 5.10. The third-order valence-corrected chi connectivity index (χ3v) is 3.05. The largest absolute Gasteiger partial charge is 0.319 e. The minimum atomic E-state index is -0.262. The Labute approximate surface area is 117 Å². The molecule has 18 heavy (non-hydrogen) atoms. The average Bonchev–Trinajstić information content (AvgIpc) is 2.63. The van der Waals surface area contributed by atoms with E-state index in [0.29, 0.717) is 16.9 Å². The van der Waals surface area contributed by atoms with E-state index >= 15 is 0 Å². The predicted molar refractivity (Wildman–Crippen MR) is 72.8 cm³/mol. The molecule has 5 nitrogen and oxygen atoms in total. The molecular weight excluding hydrogens is 320 g/mol. The molecule has 0 atom stereocenters. The lowest BCUT2D eigenvalue weighted by molar-refractivity contribution is 0.102. The van der Waals surface area contributed by atoms with E-state index in [1.807, 2.05) is 0 Å². The molecule has 2 rings (SSSR count). The fourth-order valence-electron chi connectivity index (χ4n) is 1.52. The fourth-order valence-corrected chi connectivity index (χ4v) is 2.00. The Kier molecular flexibility index (Phi) is 3.68. The van der Waals surface area contributed by atoms with Crippen molar-refractivity contribution in [2.45, 2.75) is 6.92 Å². The number of carbonyl (C=O) groups is 1. The molecule has 0 aliphatic rings. The van der Waals surface area contributed by atoms with E-state index in [0.717, 1.165) is 4.47 Å². The molecule has 0 bridgehead atoms. The van der Waals surface area contributed by atoms with Crippen LogP contribution < -0.4 is 5.32 Å². The zero-order valence-electron chi connectivity index (χ0n) is 9.74. The molecule has 7 heteroatoms. The van der Waals surface area contributed by atoms with Gasteiger partial charge in [-0.25, -0.2) is 4.98 Å². The lowest BCUT2D eigenvalue weighted by atomic mass is 10.2. The zero-order chi connectivity index (χ0) is 13.3. The quantitative estimate of drug-likeness (QED) is 0.862. The maximum atomic E-state index is 12.0. The number of hydrogen-bond acceptors (Lipinski definition) is 3. The summed E-state index contributed by atoms with van der Waals surface area (Å²) in [4.78, 5) is 16.0. The van der Waals surface area contributed by atoms with Crippen LogP contribution in [0.15, 0.2) is 22.9 Å². The molecule has 2 aromatic rings. The van der Waals surface area contributed by atoms with Crippen molar-refractivity contribution in [3.63, 3.8) is 0 Å². The van der Waals surface area contributed by atoms with E-state index in [1.54, 1.807) is 37.1 Å². The van der Waals surface area contributed by atoms with Gasteiger partial charge in [0.05, 0.1) is 16.9 Å². The topological polar surface area (TPSA) is 59.8 Å². The first kappa shape index (κ1) is 13.0. The molecule has 1 amide bonds. The first-order valence-corrected chi connectivity index (χ1v) is 6.27. The van der Waals surface area contributed by atoms with Crippen molar-refractivity contribution in [2.75, 3.05) is 5.32 Å². The molecular formula is C11H10BrClN4O. The van der Waals surface area contributed by atoms with E-state index in [2.05, 4.69) is 31.3 Å². The summed E-state index contributed by atoms with van der Waals surface area (Å²) in [5.41, 5.74) is 1.63. The molecule has 94 valence electrons. The van der Waals surface area contributed by atoms with Gasteiger partial charge in [0, 0.05) is 23.9 Å². The summed E-state index contributed by atoms with van der Waals surface area (Å²) in [6.07, 6.45) is 3.22. The maximum Gasteiger partial charge on any atom is 0.259 e. The Bertz CT molecular complexity index is 611. The van der Waals surface area contributed by atoms with Gasteiger partial charge in [-0.05, 0) is 28.9 Å². The standard InChI is InChI=1S/C11H10BrClN4O/c1-6-8(5-17(2)16-6)11(18)15-9-3-7(12)4-14-10(9)13/h3-5H,1-2H3,(H,15,18). The van der Waals surface area contributed by atoms with E-state index < -0.39 is 0 Å². The molecule has 0 unspecified atom stereocenters.